The highest BCUT2D eigenvalue weighted by molar-refractivity contribution is 5.74. The molecule has 0 bridgehead atoms. The molecule has 1 N–H and O–H groups in total. The van der Waals surface area contributed by atoms with E-state index in [2.05, 4.69) is 35.7 Å². The van der Waals surface area contributed by atoms with E-state index < -0.39 is 0 Å². The third-order valence-corrected chi connectivity index (χ3v) is 5.12. The number of urea groups is 1. The van der Waals surface area contributed by atoms with E-state index in [0.29, 0.717) is 18.7 Å². The molecule has 0 aliphatic heterocycles. The number of carbonyl (C=O) groups excluding carboxylic acids is 1. The first-order valence-electron chi connectivity index (χ1n) is 8.66. The van der Waals surface area contributed by atoms with Crippen LogP contribution in [0.25, 0.3) is 0 Å². The van der Waals surface area contributed by atoms with Gasteiger partial charge in [0.05, 0.1) is 11.6 Å². The summed E-state index contributed by atoms with van der Waals surface area (Å²) in [6.07, 6.45) is 3.46. The van der Waals surface area contributed by atoms with Crippen molar-refractivity contribution in [1.29, 1.82) is 5.26 Å². The maximum Gasteiger partial charge on any atom is 0.317 e. The molecule has 0 aromatic heterocycles. The lowest BCUT2D eigenvalue weighted by Gasteiger charge is -2.43. The maximum atomic E-state index is 12.5. The number of carbonyl (C=O) groups is 1. The van der Waals surface area contributed by atoms with E-state index in [0.717, 1.165) is 18.4 Å². The van der Waals surface area contributed by atoms with E-state index in [1.807, 2.05) is 18.2 Å². The minimum absolute atomic E-state index is 0.0634. The Morgan fingerprint density at radius 2 is 1.84 bits per heavy atom. The quantitative estimate of drug-likeness (QED) is 0.904. The van der Waals surface area contributed by atoms with E-state index in [4.69, 9.17) is 5.26 Å². The van der Waals surface area contributed by atoms with Crippen molar-refractivity contribution < 1.29 is 4.79 Å². The smallest absolute Gasteiger partial charge is 0.317 e. The molecule has 4 heteroatoms. The number of benzene rings is 2. The molecule has 1 saturated carbocycles. The third-order valence-electron chi connectivity index (χ3n) is 5.12. The minimum Gasteiger partial charge on any atom is -0.337 e. The Morgan fingerprint density at radius 1 is 1.16 bits per heavy atom. The number of nitrogens with zero attached hydrogens (tertiary/aromatic N) is 2. The average molecular weight is 333 g/mol. The van der Waals surface area contributed by atoms with Crippen molar-refractivity contribution in [3.8, 4) is 6.07 Å². The van der Waals surface area contributed by atoms with E-state index in [9.17, 15) is 4.79 Å². The molecule has 0 spiro atoms. The lowest BCUT2D eigenvalue weighted by molar-refractivity contribution is 0.190. The van der Waals surface area contributed by atoms with Crippen LogP contribution in [-0.4, -0.2) is 24.5 Å². The van der Waals surface area contributed by atoms with Gasteiger partial charge in [-0.05, 0) is 36.1 Å². The minimum atomic E-state index is -0.0634. The number of amides is 2. The molecule has 2 aromatic carbocycles. The van der Waals surface area contributed by atoms with Crippen LogP contribution in [0, 0.1) is 11.3 Å². The monoisotopic (exact) mass is 333 g/mol. The van der Waals surface area contributed by atoms with Crippen LogP contribution in [0.3, 0.4) is 0 Å². The predicted octanol–water partition coefficient (Wildman–Crippen LogP) is 3.82. The first-order valence-corrected chi connectivity index (χ1v) is 8.66. The molecule has 4 nitrogen and oxygen atoms in total. The Morgan fingerprint density at radius 3 is 2.40 bits per heavy atom. The van der Waals surface area contributed by atoms with Gasteiger partial charge in [-0.15, -0.1) is 0 Å². The van der Waals surface area contributed by atoms with Crippen LogP contribution in [0.2, 0.25) is 0 Å². The molecule has 0 heterocycles. The average Bonchev–Trinajstić information content (AvgIpc) is 2.62. The zero-order valence-corrected chi connectivity index (χ0v) is 14.5. The van der Waals surface area contributed by atoms with Crippen molar-refractivity contribution in [2.45, 2.75) is 31.2 Å². The number of hydrogen-bond acceptors (Lipinski definition) is 2. The summed E-state index contributed by atoms with van der Waals surface area (Å²) in [5.41, 5.74) is 3.05. The molecule has 128 valence electrons. The van der Waals surface area contributed by atoms with Gasteiger partial charge < -0.3 is 10.2 Å². The molecule has 0 saturated heterocycles. The summed E-state index contributed by atoms with van der Waals surface area (Å²) >= 11 is 0. The number of nitriles is 1. The number of rotatable bonds is 5. The molecule has 1 aliphatic rings. The van der Waals surface area contributed by atoms with E-state index in [1.165, 1.54) is 12.0 Å². The van der Waals surface area contributed by atoms with Gasteiger partial charge in [-0.2, -0.15) is 5.26 Å². The highest BCUT2D eigenvalue weighted by atomic mass is 16.2. The van der Waals surface area contributed by atoms with Crippen LogP contribution in [0.1, 0.15) is 36.0 Å². The van der Waals surface area contributed by atoms with Gasteiger partial charge in [0.2, 0.25) is 0 Å². The van der Waals surface area contributed by atoms with Crippen LogP contribution < -0.4 is 5.32 Å². The van der Waals surface area contributed by atoms with Crippen molar-refractivity contribution in [3.63, 3.8) is 0 Å². The van der Waals surface area contributed by atoms with Gasteiger partial charge >= 0.3 is 6.03 Å². The first kappa shape index (κ1) is 17.0. The van der Waals surface area contributed by atoms with Crippen LogP contribution in [-0.2, 0) is 12.0 Å². The Hall–Kier alpha value is -2.80. The van der Waals surface area contributed by atoms with Crippen molar-refractivity contribution in [1.82, 2.24) is 10.2 Å². The third kappa shape index (κ3) is 3.83. The van der Waals surface area contributed by atoms with Gasteiger partial charge in [-0.3, -0.25) is 0 Å². The number of nitrogens with one attached hydrogen (secondary N) is 1. The lowest BCUT2D eigenvalue weighted by Crippen LogP contribution is -2.48. The van der Waals surface area contributed by atoms with Gasteiger partial charge in [0, 0.05) is 25.6 Å². The fourth-order valence-electron chi connectivity index (χ4n) is 3.37. The van der Waals surface area contributed by atoms with Crippen LogP contribution in [0.5, 0.6) is 0 Å². The van der Waals surface area contributed by atoms with Gasteiger partial charge in [-0.1, -0.05) is 48.9 Å². The molecule has 1 aliphatic carbocycles. The zero-order valence-electron chi connectivity index (χ0n) is 14.5. The zero-order chi connectivity index (χ0) is 17.7. The summed E-state index contributed by atoms with van der Waals surface area (Å²) in [6.45, 7) is 1.20. The summed E-state index contributed by atoms with van der Waals surface area (Å²) in [4.78, 5) is 14.1. The largest absolute Gasteiger partial charge is 0.337 e. The summed E-state index contributed by atoms with van der Waals surface area (Å²) in [6, 6.07) is 19.8. The number of hydrogen-bond donors (Lipinski definition) is 1. The van der Waals surface area contributed by atoms with Gasteiger partial charge in [0.25, 0.3) is 0 Å². The summed E-state index contributed by atoms with van der Waals surface area (Å²) in [7, 11) is 1.80. The van der Waals surface area contributed by atoms with Gasteiger partial charge in [0.15, 0.2) is 0 Å². The topological polar surface area (TPSA) is 56.1 Å². The SMILES string of the molecule is CN(Cc1ccc(C#N)cc1)C(=O)NCC1(c2ccccc2)CCC1. The second-order valence-corrected chi connectivity index (χ2v) is 6.82. The summed E-state index contributed by atoms with van der Waals surface area (Å²) < 4.78 is 0. The second-order valence-electron chi connectivity index (χ2n) is 6.82. The molecular formula is C21H23N3O. The Balaban J connectivity index is 1.57. The Kier molecular flexibility index (Phi) is 5.04. The highest BCUT2D eigenvalue weighted by Crippen LogP contribution is 2.43. The van der Waals surface area contributed by atoms with E-state index >= 15 is 0 Å². The second kappa shape index (κ2) is 7.40. The van der Waals surface area contributed by atoms with Crippen molar-refractivity contribution >= 4 is 6.03 Å². The molecular weight excluding hydrogens is 310 g/mol. The van der Waals surface area contributed by atoms with Crippen molar-refractivity contribution in [2.24, 2.45) is 0 Å². The highest BCUT2D eigenvalue weighted by Gasteiger charge is 2.38. The van der Waals surface area contributed by atoms with Crippen LogP contribution in [0.4, 0.5) is 4.79 Å². The molecule has 3 rings (SSSR count). The standard InChI is InChI=1S/C21H23N3O/c1-24(15-18-10-8-17(14-22)9-11-18)20(25)23-16-21(12-5-13-21)19-6-3-2-4-7-19/h2-4,6-11H,5,12-13,15-16H2,1H3,(H,23,25). The maximum absolute atomic E-state index is 12.5. The fraction of sp³-hybridized carbons (Fsp3) is 0.333. The molecule has 0 radical (unpaired) electrons. The van der Waals surface area contributed by atoms with Crippen LogP contribution >= 0.6 is 0 Å². The van der Waals surface area contributed by atoms with Crippen LogP contribution in [0.15, 0.2) is 54.6 Å². The molecule has 2 amide bonds. The molecule has 0 unspecified atom stereocenters. The fourth-order valence-corrected chi connectivity index (χ4v) is 3.37. The molecule has 0 atom stereocenters. The first-order chi connectivity index (χ1) is 12.1. The van der Waals surface area contributed by atoms with Crippen molar-refractivity contribution in [3.05, 3.63) is 71.3 Å². The Labute approximate surface area is 149 Å². The molecule has 1 fully saturated rings. The lowest BCUT2D eigenvalue weighted by atomic mass is 9.64. The normalized spacial score (nSPS) is 14.9. The van der Waals surface area contributed by atoms with Gasteiger partial charge in [0.1, 0.15) is 0 Å². The van der Waals surface area contributed by atoms with Gasteiger partial charge in [-0.25, -0.2) is 4.79 Å². The van der Waals surface area contributed by atoms with E-state index in [-0.39, 0.29) is 11.4 Å². The molecule has 2 aromatic rings. The summed E-state index contributed by atoms with van der Waals surface area (Å²) in [5.74, 6) is 0. The summed E-state index contributed by atoms with van der Waals surface area (Å²) in [5, 5.41) is 11.9. The Bertz CT molecular complexity index is 758. The van der Waals surface area contributed by atoms with E-state index in [1.54, 1.807) is 24.1 Å². The van der Waals surface area contributed by atoms with Crippen molar-refractivity contribution in [2.75, 3.05) is 13.6 Å². The molecule has 25 heavy (non-hydrogen) atoms. The predicted molar refractivity (Wildman–Crippen MR) is 98.0 cm³/mol.